The molecule has 0 aliphatic heterocycles. The summed E-state index contributed by atoms with van der Waals surface area (Å²) in [7, 11) is 0. The third-order valence-corrected chi connectivity index (χ3v) is 1.67. The zero-order chi connectivity index (χ0) is 15.9. The number of alkyl halides is 11. The molecule has 0 N–H and O–H groups in total. The van der Waals surface area contributed by atoms with Gasteiger partial charge in [0.05, 0.1) is 0 Å². The first-order chi connectivity index (χ1) is 8.06. The van der Waals surface area contributed by atoms with Crippen LogP contribution in [0, 0.1) is 0 Å². The molecule has 0 radical (unpaired) electrons. The topological polar surface area (TPSA) is 18.5 Å². The highest BCUT2D eigenvalue weighted by Crippen LogP contribution is 2.57. The number of rotatable bonds is 4. The highest BCUT2D eigenvalue weighted by atomic mass is 19.4. The normalized spacial score (nSPS) is 15.8. The van der Waals surface area contributed by atoms with E-state index in [1.165, 1.54) is 5.09 Å². The van der Waals surface area contributed by atoms with Gasteiger partial charge in [-0.2, -0.15) is 48.3 Å². The van der Waals surface area contributed by atoms with Crippen LogP contribution in [0.4, 0.5) is 52.8 Å². The Bertz CT molecular complexity index is 289. The molecule has 14 heteroatoms. The van der Waals surface area contributed by atoms with E-state index in [9.17, 15) is 52.8 Å². The van der Waals surface area contributed by atoms with Gasteiger partial charge in [0.25, 0.3) is 0 Å². The van der Waals surface area contributed by atoms with Gasteiger partial charge in [-0.05, 0) is 9.62 Å². The Hall–Kier alpha value is -0.920. The Morgan fingerprint density at radius 1 is 0.526 bits per heavy atom. The maximum Gasteiger partial charge on any atom is 0.459 e. The minimum Gasteiger partial charge on any atom is -0.194 e. The van der Waals surface area contributed by atoms with Gasteiger partial charge in [-0.15, -0.1) is 4.89 Å². The van der Waals surface area contributed by atoms with Gasteiger partial charge in [0.1, 0.15) is 0 Å². The summed E-state index contributed by atoms with van der Waals surface area (Å²) in [6, 6.07) is 0. The third kappa shape index (κ3) is 2.54. The van der Waals surface area contributed by atoms with Crippen LogP contribution in [0.5, 0.6) is 0 Å². The Kier molecular flexibility index (Phi) is 4.35. The summed E-state index contributed by atoms with van der Waals surface area (Å²) in [4.78, 5) is 1.64. The van der Waals surface area contributed by atoms with E-state index in [0.29, 0.717) is 0 Å². The maximum absolute atomic E-state index is 12.8. The van der Waals surface area contributed by atoms with Crippen molar-refractivity contribution in [3.8, 4) is 0 Å². The fraction of sp³-hybridized carbons (Fsp3) is 1.00. The number of hydrogen-bond acceptors (Lipinski definition) is 2. The van der Waals surface area contributed by atoms with Crippen LogP contribution >= 0.6 is 0 Å². The number of halogens is 12. The van der Waals surface area contributed by atoms with Crippen LogP contribution in [-0.4, -0.2) is 30.1 Å². The van der Waals surface area contributed by atoms with E-state index in [1.807, 2.05) is 0 Å². The maximum atomic E-state index is 12.8. The zero-order valence-electron chi connectivity index (χ0n) is 7.85. The van der Waals surface area contributed by atoms with Crippen LogP contribution in [0.15, 0.2) is 0 Å². The zero-order valence-corrected chi connectivity index (χ0v) is 7.85. The van der Waals surface area contributed by atoms with E-state index in [1.54, 1.807) is 4.89 Å². The molecule has 0 aromatic rings. The lowest BCUT2D eigenvalue weighted by Crippen LogP contribution is -2.68. The number of hydrogen-bond donors (Lipinski definition) is 0. The summed E-state index contributed by atoms with van der Waals surface area (Å²) in [5.41, 5.74) is 0. The molecule has 0 saturated heterocycles. The summed E-state index contributed by atoms with van der Waals surface area (Å²) in [5.74, 6) is -22.1. The average molecular weight is 320 g/mol. The molecule has 0 aliphatic rings. The van der Waals surface area contributed by atoms with Gasteiger partial charge in [0, 0.05) is 0 Å². The van der Waals surface area contributed by atoms with E-state index < -0.39 is 30.1 Å². The molecule has 0 aromatic heterocycles. The van der Waals surface area contributed by atoms with Gasteiger partial charge in [0.2, 0.25) is 0 Å². The largest absolute Gasteiger partial charge is 0.459 e. The molecular weight excluding hydrogens is 320 g/mol. The Morgan fingerprint density at radius 2 is 0.789 bits per heavy atom. The van der Waals surface area contributed by atoms with Gasteiger partial charge in [-0.1, -0.05) is 0 Å². The van der Waals surface area contributed by atoms with Gasteiger partial charge in [-0.25, -0.2) is 0 Å². The Morgan fingerprint density at radius 3 is 0.947 bits per heavy atom. The lowest BCUT2D eigenvalue weighted by atomic mass is 10.0. The molecule has 0 fully saturated rings. The van der Waals surface area contributed by atoms with Gasteiger partial charge in [0.15, 0.2) is 0 Å². The second-order valence-electron chi connectivity index (χ2n) is 2.89. The van der Waals surface area contributed by atoms with Crippen molar-refractivity contribution >= 4 is 0 Å². The Balaban J connectivity index is 6.04. The molecule has 0 spiro atoms. The second-order valence-corrected chi connectivity index (χ2v) is 2.89. The first-order valence-electron chi connectivity index (χ1n) is 3.60. The van der Waals surface area contributed by atoms with Crippen LogP contribution in [0.1, 0.15) is 0 Å². The summed E-state index contributed by atoms with van der Waals surface area (Å²) in [6.45, 7) is 0. The van der Waals surface area contributed by atoms with Crippen LogP contribution in [-0.2, 0) is 9.98 Å². The van der Waals surface area contributed by atoms with Gasteiger partial charge < -0.3 is 0 Å². The van der Waals surface area contributed by atoms with Gasteiger partial charge >= 0.3 is 30.1 Å². The molecule has 0 aromatic carbocycles. The molecule has 0 amide bonds. The first-order valence-corrected chi connectivity index (χ1v) is 3.60. The summed E-state index contributed by atoms with van der Waals surface area (Å²) < 4.78 is 143. The summed E-state index contributed by atoms with van der Waals surface area (Å²) >= 11 is 0. The van der Waals surface area contributed by atoms with Gasteiger partial charge in [-0.3, -0.25) is 0 Å². The third-order valence-electron chi connectivity index (χ3n) is 1.67. The van der Waals surface area contributed by atoms with Crippen LogP contribution < -0.4 is 0 Å². The molecule has 19 heavy (non-hydrogen) atoms. The van der Waals surface area contributed by atoms with Crippen LogP contribution in [0.3, 0.4) is 0 Å². The molecule has 0 heterocycles. The minimum absolute atomic E-state index is 1.34. The second kappa shape index (κ2) is 4.57. The molecule has 0 atom stereocenters. The molecule has 0 saturated carbocycles. The van der Waals surface area contributed by atoms with Crippen LogP contribution in [0.25, 0.3) is 0 Å². The lowest BCUT2D eigenvalue weighted by molar-refractivity contribution is -0.579. The minimum atomic E-state index is -7.44. The molecular formula is C5F12O2. The van der Waals surface area contributed by atoms with E-state index >= 15 is 0 Å². The van der Waals surface area contributed by atoms with E-state index in [2.05, 4.69) is 0 Å². The standard InChI is InChI=1S/C5F12O2/c6-1(7,4(11,12)13)3(10,18-19-17)2(8,9)5(14,15)16. The van der Waals surface area contributed by atoms with Crippen molar-refractivity contribution in [3.63, 3.8) is 0 Å². The van der Waals surface area contributed by atoms with Crippen LogP contribution in [0.2, 0.25) is 0 Å². The summed E-state index contributed by atoms with van der Waals surface area (Å²) in [6.07, 6.45) is -14.5. The lowest BCUT2D eigenvalue weighted by Gasteiger charge is -2.37. The monoisotopic (exact) mass is 320 g/mol. The molecule has 0 bridgehead atoms. The Labute approximate surface area is 94.2 Å². The first kappa shape index (κ1) is 18.1. The van der Waals surface area contributed by atoms with Crippen molar-refractivity contribution in [2.24, 2.45) is 0 Å². The highest BCUT2D eigenvalue weighted by molar-refractivity contribution is 5.03. The van der Waals surface area contributed by atoms with Crippen molar-refractivity contribution in [1.82, 2.24) is 0 Å². The highest BCUT2D eigenvalue weighted by Gasteiger charge is 2.89. The molecule has 0 unspecified atom stereocenters. The quantitative estimate of drug-likeness (QED) is 0.445. The van der Waals surface area contributed by atoms with Crippen molar-refractivity contribution in [2.75, 3.05) is 0 Å². The SMILES string of the molecule is FOOC(F)(C(F)(F)C(F)(F)F)C(F)(F)C(F)(F)F. The molecule has 0 aliphatic carbocycles. The molecule has 2 nitrogen and oxygen atoms in total. The fourth-order valence-corrected chi connectivity index (χ4v) is 0.710. The van der Waals surface area contributed by atoms with E-state index in [0.717, 1.165) is 0 Å². The van der Waals surface area contributed by atoms with Crippen molar-refractivity contribution in [1.29, 1.82) is 0 Å². The average Bonchev–Trinajstić information content (AvgIpc) is 2.13. The van der Waals surface area contributed by atoms with E-state index in [4.69, 9.17) is 0 Å². The van der Waals surface area contributed by atoms with Crippen molar-refractivity contribution < 1.29 is 62.8 Å². The summed E-state index contributed by atoms with van der Waals surface area (Å²) in [5, 5.41) is 1.34. The predicted molar refractivity (Wildman–Crippen MR) is 29.1 cm³/mol. The van der Waals surface area contributed by atoms with E-state index in [-0.39, 0.29) is 0 Å². The fourth-order valence-electron chi connectivity index (χ4n) is 0.710. The molecule has 116 valence electrons. The van der Waals surface area contributed by atoms with Crippen molar-refractivity contribution in [2.45, 2.75) is 30.1 Å². The molecule has 0 rings (SSSR count). The predicted octanol–water partition coefficient (Wildman–Crippen LogP) is 3.88. The van der Waals surface area contributed by atoms with Crippen molar-refractivity contribution in [3.05, 3.63) is 0 Å². The smallest absolute Gasteiger partial charge is 0.194 e.